The number of amides is 1. The van der Waals surface area contributed by atoms with Crippen LogP contribution in [-0.4, -0.2) is 98.7 Å². The molecular weight excluding hydrogens is 674 g/mol. The van der Waals surface area contributed by atoms with Gasteiger partial charge >= 0.3 is 0 Å². The van der Waals surface area contributed by atoms with Crippen LogP contribution in [0.1, 0.15) is 194 Å². The lowest BCUT2D eigenvalue weighted by molar-refractivity contribution is -0.302. The number of nitrogens with one attached hydrogen (secondary N) is 1. The Balaban J connectivity index is 2.43. The summed E-state index contributed by atoms with van der Waals surface area (Å²) in [5.41, 5.74) is 0. The van der Waals surface area contributed by atoms with Crippen LogP contribution in [0, 0.1) is 0 Å². The lowest BCUT2D eigenvalue weighted by atomic mass is 9.99. The fraction of sp³-hybridized carbons (Fsp3) is 0.930. The van der Waals surface area contributed by atoms with E-state index in [2.05, 4.69) is 31.3 Å². The molecule has 314 valence electrons. The van der Waals surface area contributed by atoms with Crippen LogP contribution in [0.15, 0.2) is 12.2 Å². The van der Waals surface area contributed by atoms with E-state index in [-0.39, 0.29) is 6.61 Å². The van der Waals surface area contributed by atoms with Gasteiger partial charge in [-0.3, -0.25) is 4.79 Å². The molecule has 0 saturated carbocycles. The van der Waals surface area contributed by atoms with Crippen LogP contribution >= 0.6 is 0 Å². The van der Waals surface area contributed by atoms with Crippen molar-refractivity contribution in [2.24, 2.45) is 0 Å². The summed E-state index contributed by atoms with van der Waals surface area (Å²) in [4.78, 5) is 13.0. The van der Waals surface area contributed by atoms with Crippen molar-refractivity contribution < 1.29 is 44.9 Å². The zero-order chi connectivity index (χ0) is 38.9. The van der Waals surface area contributed by atoms with Crippen LogP contribution < -0.4 is 5.32 Å². The third-order valence-corrected chi connectivity index (χ3v) is 10.7. The normalized spacial score (nSPS) is 22.3. The first-order valence-corrected chi connectivity index (χ1v) is 22.0. The van der Waals surface area contributed by atoms with Gasteiger partial charge in [0.15, 0.2) is 6.29 Å². The molecular formula is C43H83NO9. The van der Waals surface area contributed by atoms with Crippen molar-refractivity contribution in [1.29, 1.82) is 0 Å². The molecule has 0 radical (unpaired) electrons. The molecule has 0 spiro atoms. The van der Waals surface area contributed by atoms with E-state index in [0.717, 1.165) is 57.8 Å². The van der Waals surface area contributed by atoms with E-state index in [1.165, 1.54) is 103 Å². The van der Waals surface area contributed by atoms with Crippen molar-refractivity contribution in [3.8, 4) is 0 Å². The lowest BCUT2D eigenvalue weighted by Gasteiger charge is -2.40. The number of rotatable bonds is 36. The van der Waals surface area contributed by atoms with E-state index < -0.39 is 61.5 Å². The molecule has 53 heavy (non-hydrogen) atoms. The lowest BCUT2D eigenvalue weighted by Crippen LogP contribution is -2.60. The van der Waals surface area contributed by atoms with Gasteiger partial charge in [-0.15, -0.1) is 0 Å². The molecule has 0 aliphatic carbocycles. The van der Waals surface area contributed by atoms with Crippen LogP contribution in [0.5, 0.6) is 0 Å². The highest BCUT2D eigenvalue weighted by Crippen LogP contribution is 2.23. The summed E-state index contributed by atoms with van der Waals surface area (Å²) < 4.78 is 11.2. The van der Waals surface area contributed by atoms with Gasteiger partial charge in [-0.1, -0.05) is 167 Å². The van der Waals surface area contributed by atoms with E-state index in [1.807, 2.05) is 0 Å². The Labute approximate surface area is 323 Å². The largest absolute Gasteiger partial charge is 0.394 e. The van der Waals surface area contributed by atoms with Crippen LogP contribution in [0.2, 0.25) is 0 Å². The van der Waals surface area contributed by atoms with Crippen molar-refractivity contribution in [1.82, 2.24) is 5.32 Å². The molecule has 1 fully saturated rings. The summed E-state index contributed by atoms with van der Waals surface area (Å²) in [7, 11) is 0. The standard InChI is InChI=1S/C43H83NO9/c1-3-5-7-9-11-13-15-17-18-20-22-24-26-28-30-32-37(47)42(51)44-35(34-52-43-41(50)40(49)39(48)38(33-45)53-43)36(46)31-29-27-25-23-21-19-16-14-12-10-8-6-4-2/h18,20,35-41,43,45-50H,3-17,19,21-34H2,1-2H3,(H,44,51)/b20-18-. The van der Waals surface area contributed by atoms with Gasteiger partial charge in [0.05, 0.1) is 25.4 Å². The minimum atomic E-state index is -1.59. The minimum Gasteiger partial charge on any atom is -0.394 e. The smallest absolute Gasteiger partial charge is 0.249 e. The van der Waals surface area contributed by atoms with Gasteiger partial charge in [-0.05, 0) is 38.5 Å². The van der Waals surface area contributed by atoms with E-state index in [0.29, 0.717) is 19.3 Å². The first-order valence-electron chi connectivity index (χ1n) is 22.0. The zero-order valence-electron chi connectivity index (χ0n) is 33.9. The van der Waals surface area contributed by atoms with Crippen molar-refractivity contribution >= 4 is 5.91 Å². The molecule has 1 aliphatic rings. The van der Waals surface area contributed by atoms with Crippen LogP contribution in [0.4, 0.5) is 0 Å². The number of allylic oxidation sites excluding steroid dienone is 2. The maximum atomic E-state index is 13.0. The average molecular weight is 758 g/mol. The summed E-state index contributed by atoms with van der Waals surface area (Å²) in [6, 6.07) is -0.894. The van der Waals surface area contributed by atoms with Gasteiger partial charge in [0.25, 0.3) is 0 Å². The van der Waals surface area contributed by atoms with Crippen molar-refractivity contribution in [2.75, 3.05) is 13.2 Å². The summed E-state index contributed by atoms with van der Waals surface area (Å²) in [5, 5.41) is 64.7. The maximum absolute atomic E-state index is 13.0. The highest BCUT2D eigenvalue weighted by molar-refractivity contribution is 5.80. The van der Waals surface area contributed by atoms with Gasteiger partial charge < -0.3 is 45.4 Å². The summed E-state index contributed by atoms with van der Waals surface area (Å²) in [5.74, 6) is -0.592. The second-order valence-corrected chi connectivity index (χ2v) is 15.6. The Hall–Kier alpha value is -1.11. The molecule has 0 bridgehead atoms. The number of hydrogen-bond donors (Lipinski definition) is 7. The Morgan fingerprint density at radius 2 is 1.06 bits per heavy atom. The summed E-state index contributed by atoms with van der Waals surface area (Å²) in [6.45, 7) is 3.64. The summed E-state index contributed by atoms with van der Waals surface area (Å²) in [6.07, 6.45) is 26.8. The van der Waals surface area contributed by atoms with Crippen LogP contribution in [0.25, 0.3) is 0 Å². The third-order valence-electron chi connectivity index (χ3n) is 10.7. The maximum Gasteiger partial charge on any atom is 0.249 e. The second-order valence-electron chi connectivity index (χ2n) is 15.6. The van der Waals surface area contributed by atoms with Crippen molar-refractivity contribution in [2.45, 2.75) is 243 Å². The molecule has 1 amide bonds. The summed E-state index contributed by atoms with van der Waals surface area (Å²) >= 11 is 0. The number of carbonyl (C=O) groups excluding carboxylic acids is 1. The Morgan fingerprint density at radius 1 is 0.623 bits per heavy atom. The quantitative estimate of drug-likeness (QED) is 0.0252. The zero-order valence-corrected chi connectivity index (χ0v) is 33.9. The van der Waals surface area contributed by atoms with E-state index in [9.17, 15) is 35.4 Å². The first kappa shape index (κ1) is 49.9. The molecule has 8 atom stereocenters. The number of aliphatic hydroxyl groups is 6. The van der Waals surface area contributed by atoms with Crippen LogP contribution in [-0.2, 0) is 14.3 Å². The monoisotopic (exact) mass is 758 g/mol. The van der Waals surface area contributed by atoms with Gasteiger partial charge in [-0.25, -0.2) is 0 Å². The molecule has 1 aliphatic heterocycles. The van der Waals surface area contributed by atoms with E-state index >= 15 is 0 Å². The SMILES string of the molecule is CCCCCCCCC/C=C\CCCCCCC(O)C(=O)NC(COC1OC(CO)C(O)C(O)C1O)C(O)CCCCCCCCCCCCCCC. The number of hydrogen-bond acceptors (Lipinski definition) is 9. The van der Waals surface area contributed by atoms with E-state index in [1.54, 1.807) is 0 Å². The number of unbranched alkanes of at least 4 members (excludes halogenated alkanes) is 23. The third kappa shape index (κ3) is 24.9. The molecule has 0 aromatic carbocycles. The number of carbonyl (C=O) groups is 1. The van der Waals surface area contributed by atoms with Gasteiger partial charge in [-0.2, -0.15) is 0 Å². The molecule has 1 heterocycles. The highest BCUT2D eigenvalue weighted by Gasteiger charge is 2.44. The topological polar surface area (TPSA) is 169 Å². The highest BCUT2D eigenvalue weighted by atomic mass is 16.7. The Kier molecular flexibility index (Phi) is 32.2. The number of ether oxygens (including phenoxy) is 2. The van der Waals surface area contributed by atoms with Gasteiger partial charge in [0.1, 0.15) is 30.5 Å². The van der Waals surface area contributed by atoms with Gasteiger partial charge in [0.2, 0.25) is 5.91 Å². The van der Waals surface area contributed by atoms with Gasteiger partial charge in [0, 0.05) is 0 Å². The second kappa shape index (κ2) is 34.2. The Bertz CT molecular complexity index is 860. The van der Waals surface area contributed by atoms with E-state index in [4.69, 9.17) is 9.47 Å². The molecule has 7 N–H and O–H groups in total. The van der Waals surface area contributed by atoms with Crippen molar-refractivity contribution in [3.05, 3.63) is 12.2 Å². The fourth-order valence-corrected chi connectivity index (χ4v) is 7.04. The molecule has 1 rings (SSSR count). The molecule has 0 aromatic heterocycles. The number of aliphatic hydroxyl groups excluding tert-OH is 6. The molecule has 1 saturated heterocycles. The molecule has 0 aromatic rings. The predicted molar refractivity (Wildman–Crippen MR) is 213 cm³/mol. The minimum absolute atomic E-state index is 0.257. The van der Waals surface area contributed by atoms with Crippen LogP contribution in [0.3, 0.4) is 0 Å². The average Bonchev–Trinajstić information content (AvgIpc) is 3.16. The Morgan fingerprint density at radius 3 is 1.53 bits per heavy atom. The predicted octanol–water partition coefficient (Wildman–Crippen LogP) is 7.53. The fourth-order valence-electron chi connectivity index (χ4n) is 7.04. The van der Waals surface area contributed by atoms with Crippen molar-refractivity contribution in [3.63, 3.8) is 0 Å². The molecule has 10 nitrogen and oxygen atoms in total. The molecule has 8 unspecified atom stereocenters. The molecule has 10 heteroatoms. The first-order chi connectivity index (χ1) is 25.8.